The van der Waals surface area contributed by atoms with E-state index in [1.54, 1.807) is 11.0 Å². The number of hydrogen-bond acceptors (Lipinski definition) is 3. The summed E-state index contributed by atoms with van der Waals surface area (Å²) in [5, 5.41) is 2.77. The molecule has 0 bridgehead atoms. The minimum Gasteiger partial charge on any atom is -0.337 e. The first-order valence-corrected chi connectivity index (χ1v) is 9.60. The van der Waals surface area contributed by atoms with Gasteiger partial charge in [-0.25, -0.2) is 9.37 Å². The fraction of sp³-hybridized carbons (Fsp3) is 0.238. The molecule has 1 saturated heterocycles. The molecule has 0 spiro atoms. The van der Waals surface area contributed by atoms with E-state index in [1.165, 1.54) is 23.0 Å². The SMILES string of the molecule is O=C(c1csc(Cc2ccccc2)n1)N1CC[C@H](c2ccccc2F)C1. The standard InChI is InChI=1S/C21H19FN2OS/c22-18-9-5-4-8-17(18)16-10-11-24(13-16)21(25)19-14-26-20(23-19)12-15-6-2-1-3-7-15/h1-9,14,16H,10-13H2/t16-/m0/s1. The largest absolute Gasteiger partial charge is 0.337 e. The summed E-state index contributed by atoms with van der Waals surface area (Å²) in [6, 6.07) is 16.9. The van der Waals surface area contributed by atoms with E-state index in [0.717, 1.165) is 17.8 Å². The van der Waals surface area contributed by atoms with Crippen molar-refractivity contribution in [2.45, 2.75) is 18.8 Å². The first-order valence-electron chi connectivity index (χ1n) is 8.73. The maximum atomic E-state index is 14.0. The van der Waals surface area contributed by atoms with Crippen LogP contribution in [0.15, 0.2) is 60.0 Å². The summed E-state index contributed by atoms with van der Waals surface area (Å²) < 4.78 is 14.0. The molecule has 0 unspecified atom stereocenters. The Hall–Kier alpha value is -2.53. The summed E-state index contributed by atoms with van der Waals surface area (Å²) in [5.41, 5.74) is 2.38. The highest BCUT2D eigenvalue weighted by Gasteiger charge is 2.30. The number of rotatable bonds is 4. The topological polar surface area (TPSA) is 33.2 Å². The Balaban J connectivity index is 1.43. The van der Waals surface area contributed by atoms with Crippen molar-refractivity contribution in [2.75, 3.05) is 13.1 Å². The first-order chi connectivity index (χ1) is 12.7. The molecule has 26 heavy (non-hydrogen) atoms. The molecule has 1 fully saturated rings. The van der Waals surface area contributed by atoms with Gasteiger partial charge in [0.25, 0.3) is 5.91 Å². The molecule has 3 nitrogen and oxygen atoms in total. The second-order valence-electron chi connectivity index (χ2n) is 6.55. The molecule has 3 aromatic rings. The van der Waals surface area contributed by atoms with Gasteiger partial charge in [0.1, 0.15) is 11.5 Å². The lowest BCUT2D eigenvalue weighted by Gasteiger charge is -2.15. The van der Waals surface area contributed by atoms with E-state index in [-0.39, 0.29) is 17.6 Å². The monoisotopic (exact) mass is 366 g/mol. The molecular weight excluding hydrogens is 347 g/mol. The Bertz CT molecular complexity index is 909. The third kappa shape index (κ3) is 3.53. The number of hydrogen-bond donors (Lipinski definition) is 0. The van der Waals surface area contributed by atoms with E-state index in [9.17, 15) is 9.18 Å². The summed E-state index contributed by atoms with van der Waals surface area (Å²) >= 11 is 1.51. The smallest absolute Gasteiger partial charge is 0.273 e. The van der Waals surface area contributed by atoms with Gasteiger partial charge in [-0.15, -0.1) is 11.3 Å². The van der Waals surface area contributed by atoms with Crippen LogP contribution in [-0.4, -0.2) is 28.9 Å². The summed E-state index contributed by atoms with van der Waals surface area (Å²) in [7, 11) is 0. The summed E-state index contributed by atoms with van der Waals surface area (Å²) in [6.45, 7) is 1.19. The Morgan fingerprint density at radius 3 is 2.73 bits per heavy atom. The van der Waals surface area contributed by atoms with E-state index in [0.29, 0.717) is 24.3 Å². The van der Waals surface area contributed by atoms with Crippen molar-refractivity contribution in [3.05, 3.63) is 87.6 Å². The Morgan fingerprint density at radius 2 is 1.92 bits per heavy atom. The van der Waals surface area contributed by atoms with Gasteiger partial charge in [0.05, 0.1) is 5.01 Å². The lowest BCUT2D eigenvalue weighted by atomic mass is 9.98. The third-order valence-electron chi connectivity index (χ3n) is 4.79. The molecule has 0 saturated carbocycles. The Labute approximate surface area is 156 Å². The number of carbonyl (C=O) groups is 1. The summed E-state index contributed by atoms with van der Waals surface area (Å²) in [5.74, 6) is -0.187. The Kier molecular flexibility index (Phi) is 4.80. The van der Waals surface area contributed by atoms with Gasteiger partial charge in [0.15, 0.2) is 0 Å². The zero-order valence-electron chi connectivity index (χ0n) is 14.3. The normalized spacial score (nSPS) is 16.8. The number of amides is 1. The number of halogens is 1. The average molecular weight is 366 g/mol. The molecule has 0 radical (unpaired) electrons. The van der Waals surface area contributed by atoms with Crippen LogP contribution in [0.4, 0.5) is 4.39 Å². The Morgan fingerprint density at radius 1 is 1.15 bits per heavy atom. The average Bonchev–Trinajstić information content (AvgIpc) is 3.32. The van der Waals surface area contributed by atoms with E-state index in [4.69, 9.17) is 0 Å². The molecule has 1 aromatic heterocycles. The zero-order valence-corrected chi connectivity index (χ0v) is 15.1. The number of benzene rings is 2. The molecule has 2 heterocycles. The van der Waals surface area contributed by atoms with Crippen LogP contribution in [0.1, 0.15) is 39.0 Å². The van der Waals surface area contributed by atoms with Gasteiger partial charge in [-0.1, -0.05) is 48.5 Å². The molecule has 5 heteroatoms. The van der Waals surface area contributed by atoms with Gasteiger partial charge >= 0.3 is 0 Å². The molecule has 1 aliphatic heterocycles. The van der Waals surface area contributed by atoms with Crippen molar-refractivity contribution in [1.82, 2.24) is 9.88 Å². The molecule has 0 aliphatic carbocycles. The van der Waals surface area contributed by atoms with Gasteiger partial charge in [0.2, 0.25) is 0 Å². The predicted molar refractivity (Wildman–Crippen MR) is 101 cm³/mol. The van der Waals surface area contributed by atoms with Gasteiger partial charge in [-0.05, 0) is 23.6 Å². The highest BCUT2D eigenvalue weighted by Crippen LogP contribution is 2.30. The molecule has 1 atom stereocenters. The van der Waals surface area contributed by atoms with Crippen molar-refractivity contribution in [3.63, 3.8) is 0 Å². The lowest BCUT2D eigenvalue weighted by Crippen LogP contribution is -2.28. The van der Waals surface area contributed by atoms with Crippen LogP contribution in [0, 0.1) is 5.82 Å². The van der Waals surface area contributed by atoms with Crippen LogP contribution in [0.5, 0.6) is 0 Å². The molecule has 1 amide bonds. The van der Waals surface area contributed by atoms with Crippen molar-refractivity contribution in [2.24, 2.45) is 0 Å². The van der Waals surface area contributed by atoms with Crippen LogP contribution in [0.2, 0.25) is 0 Å². The third-order valence-corrected chi connectivity index (χ3v) is 5.64. The molecular formula is C21H19FN2OS. The summed E-state index contributed by atoms with van der Waals surface area (Å²) in [4.78, 5) is 19.1. The molecule has 2 aromatic carbocycles. The lowest BCUT2D eigenvalue weighted by molar-refractivity contribution is 0.0785. The maximum Gasteiger partial charge on any atom is 0.273 e. The number of nitrogens with zero attached hydrogens (tertiary/aromatic N) is 2. The van der Waals surface area contributed by atoms with E-state index >= 15 is 0 Å². The minimum absolute atomic E-state index is 0.0561. The van der Waals surface area contributed by atoms with Gasteiger partial charge in [-0.3, -0.25) is 4.79 Å². The maximum absolute atomic E-state index is 14.0. The van der Waals surface area contributed by atoms with E-state index < -0.39 is 0 Å². The summed E-state index contributed by atoms with van der Waals surface area (Å²) in [6.07, 6.45) is 1.52. The highest BCUT2D eigenvalue weighted by molar-refractivity contribution is 7.09. The van der Waals surface area contributed by atoms with E-state index in [2.05, 4.69) is 17.1 Å². The first kappa shape index (κ1) is 16.9. The van der Waals surface area contributed by atoms with Crippen molar-refractivity contribution < 1.29 is 9.18 Å². The van der Waals surface area contributed by atoms with Crippen LogP contribution < -0.4 is 0 Å². The zero-order chi connectivity index (χ0) is 17.9. The second kappa shape index (κ2) is 7.38. The van der Waals surface area contributed by atoms with Gasteiger partial charge in [0, 0.05) is 30.8 Å². The van der Waals surface area contributed by atoms with Crippen LogP contribution >= 0.6 is 11.3 Å². The van der Waals surface area contributed by atoms with Crippen LogP contribution in [0.25, 0.3) is 0 Å². The highest BCUT2D eigenvalue weighted by atomic mass is 32.1. The minimum atomic E-state index is -0.189. The van der Waals surface area contributed by atoms with Crippen LogP contribution in [-0.2, 0) is 6.42 Å². The second-order valence-corrected chi connectivity index (χ2v) is 7.49. The molecule has 1 aliphatic rings. The number of carbonyl (C=O) groups excluding carboxylic acids is 1. The number of aromatic nitrogens is 1. The van der Waals surface area contributed by atoms with Crippen molar-refractivity contribution in [1.29, 1.82) is 0 Å². The molecule has 132 valence electrons. The number of likely N-dealkylation sites (tertiary alicyclic amines) is 1. The number of thiazole rings is 1. The molecule has 0 N–H and O–H groups in total. The quantitative estimate of drug-likeness (QED) is 0.681. The predicted octanol–water partition coefficient (Wildman–Crippen LogP) is 4.50. The molecule has 4 rings (SSSR count). The fourth-order valence-electron chi connectivity index (χ4n) is 3.43. The van der Waals surface area contributed by atoms with Crippen LogP contribution in [0.3, 0.4) is 0 Å². The van der Waals surface area contributed by atoms with Gasteiger partial charge < -0.3 is 4.90 Å². The van der Waals surface area contributed by atoms with Crippen molar-refractivity contribution in [3.8, 4) is 0 Å². The van der Waals surface area contributed by atoms with E-state index in [1.807, 2.05) is 35.7 Å². The van der Waals surface area contributed by atoms with Gasteiger partial charge in [-0.2, -0.15) is 0 Å². The fourth-order valence-corrected chi connectivity index (χ4v) is 4.23. The van der Waals surface area contributed by atoms with Crippen molar-refractivity contribution >= 4 is 17.2 Å².